The molecular weight excluding hydrogens is 220 g/mol. The lowest BCUT2D eigenvalue weighted by Crippen LogP contribution is -2.40. The van der Waals surface area contributed by atoms with Crippen LogP contribution in [0.5, 0.6) is 0 Å². The number of aliphatic hydroxyl groups is 1. The summed E-state index contributed by atoms with van der Waals surface area (Å²) < 4.78 is 30.7. The van der Waals surface area contributed by atoms with Crippen LogP contribution in [-0.2, 0) is 10.3 Å². The summed E-state index contributed by atoms with van der Waals surface area (Å²) in [5.74, 6) is 0. The van der Waals surface area contributed by atoms with Gasteiger partial charge in [0, 0.05) is 20.1 Å². The van der Waals surface area contributed by atoms with Crippen LogP contribution in [0.4, 0.5) is 0 Å². The predicted octanol–water partition coefficient (Wildman–Crippen LogP) is -0.576. The van der Waals surface area contributed by atoms with Crippen LogP contribution in [0, 0.1) is 0 Å². The molecule has 0 aliphatic heterocycles. The highest BCUT2D eigenvalue weighted by Crippen LogP contribution is 1.98. The Kier molecular flexibility index (Phi) is 6.30. The van der Waals surface area contributed by atoms with E-state index in [9.17, 15) is 13.5 Å². The van der Waals surface area contributed by atoms with Gasteiger partial charge in [-0.25, -0.2) is 0 Å². The lowest BCUT2D eigenvalue weighted by Gasteiger charge is -2.24. The molecule has 0 radical (unpaired) electrons. The zero-order chi connectivity index (χ0) is 12.1. The number of rotatable bonds is 7. The van der Waals surface area contributed by atoms with E-state index in [1.165, 1.54) is 7.05 Å². The van der Waals surface area contributed by atoms with E-state index in [0.717, 1.165) is 17.4 Å². The summed E-state index contributed by atoms with van der Waals surface area (Å²) in [6.07, 6.45) is -0.795. The molecule has 0 saturated heterocycles. The van der Waals surface area contributed by atoms with E-state index in [2.05, 4.69) is 0 Å². The first-order chi connectivity index (χ1) is 6.81. The lowest BCUT2D eigenvalue weighted by atomic mass is 10.3. The summed E-state index contributed by atoms with van der Waals surface area (Å²) in [7, 11) is -2.97. The Morgan fingerprint density at radius 3 is 2.00 bits per heavy atom. The molecule has 1 atom stereocenters. The van der Waals surface area contributed by atoms with Crippen LogP contribution in [0.1, 0.15) is 13.8 Å². The van der Waals surface area contributed by atoms with Gasteiger partial charge >= 0.3 is 10.3 Å². The molecule has 0 saturated carbocycles. The maximum absolute atomic E-state index is 10.6. The van der Waals surface area contributed by atoms with Crippen molar-refractivity contribution in [3.8, 4) is 0 Å². The van der Waals surface area contributed by atoms with Gasteiger partial charge < -0.3 is 10.0 Å². The van der Waals surface area contributed by atoms with Crippen LogP contribution in [0.25, 0.3) is 0 Å². The first-order valence-corrected chi connectivity index (χ1v) is 6.30. The van der Waals surface area contributed by atoms with Crippen molar-refractivity contribution in [3.63, 3.8) is 0 Å². The van der Waals surface area contributed by atoms with Crippen LogP contribution in [-0.4, -0.2) is 66.6 Å². The quantitative estimate of drug-likeness (QED) is 0.582. The molecule has 15 heavy (non-hydrogen) atoms. The third kappa shape index (κ3) is 6.06. The highest BCUT2D eigenvalue weighted by molar-refractivity contribution is 7.83. The maximum atomic E-state index is 10.6. The van der Waals surface area contributed by atoms with Crippen molar-refractivity contribution in [1.29, 1.82) is 0 Å². The average Bonchev–Trinajstić information content (AvgIpc) is 2.12. The fourth-order valence-corrected chi connectivity index (χ4v) is 1.59. The van der Waals surface area contributed by atoms with Crippen molar-refractivity contribution in [2.45, 2.75) is 20.0 Å². The Bertz CT molecular complexity index is 264. The van der Waals surface area contributed by atoms with Gasteiger partial charge in [0.05, 0.1) is 6.10 Å². The van der Waals surface area contributed by atoms with Crippen LogP contribution in [0.2, 0.25) is 0 Å². The summed E-state index contributed by atoms with van der Waals surface area (Å²) in [6.45, 7) is 5.81. The summed E-state index contributed by atoms with van der Waals surface area (Å²) in [5, 5.41) is 9.56. The Morgan fingerprint density at radius 2 is 1.67 bits per heavy atom. The summed E-state index contributed by atoms with van der Waals surface area (Å²) in [5.41, 5.74) is 0. The topological polar surface area (TPSA) is 81.1 Å². The van der Waals surface area contributed by atoms with Gasteiger partial charge in [-0.1, -0.05) is 13.8 Å². The van der Waals surface area contributed by atoms with E-state index in [1.807, 2.05) is 18.7 Å². The Morgan fingerprint density at radius 1 is 1.20 bits per heavy atom. The van der Waals surface area contributed by atoms with Crippen LogP contribution >= 0.6 is 0 Å². The van der Waals surface area contributed by atoms with Crippen LogP contribution in [0.3, 0.4) is 0 Å². The Hall–Kier alpha value is -0.210. The standard InChI is InChI=1S/C8H20N2O4S/c1-4-10(5-2)7-8(11)6-9(3)15(12,13)14/h8,11H,4-7H2,1-3H3,(H,12,13,14). The molecule has 2 N–H and O–H groups in total. The predicted molar refractivity (Wildman–Crippen MR) is 58.0 cm³/mol. The highest BCUT2D eigenvalue weighted by Gasteiger charge is 2.18. The number of likely N-dealkylation sites (N-methyl/N-ethyl adjacent to an activating group) is 2. The number of hydrogen-bond donors (Lipinski definition) is 2. The summed E-state index contributed by atoms with van der Waals surface area (Å²) >= 11 is 0. The maximum Gasteiger partial charge on any atom is 0.335 e. The average molecular weight is 240 g/mol. The molecule has 0 aromatic rings. The minimum absolute atomic E-state index is 0.102. The number of hydrogen-bond acceptors (Lipinski definition) is 4. The molecule has 0 aromatic carbocycles. The first-order valence-electron chi connectivity index (χ1n) is 4.90. The van der Waals surface area contributed by atoms with E-state index in [-0.39, 0.29) is 6.54 Å². The van der Waals surface area contributed by atoms with Gasteiger partial charge in [-0.05, 0) is 13.1 Å². The third-order valence-electron chi connectivity index (χ3n) is 2.23. The van der Waals surface area contributed by atoms with Crippen LogP contribution < -0.4 is 0 Å². The molecule has 0 rings (SSSR count). The van der Waals surface area contributed by atoms with Gasteiger partial charge in [-0.3, -0.25) is 4.55 Å². The second-order valence-electron chi connectivity index (χ2n) is 3.40. The van der Waals surface area contributed by atoms with Crippen LogP contribution in [0.15, 0.2) is 0 Å². The molecule has 0 aliphatic rings. The molecule has 7 heteroatoms. The minimum atomic E-state index is -4.19. The highest BCUT2D eigenvalue weighted by atomic mass is 32.2. The van der Waals surface area contributed by atoms with Crippen molar-refractivity contribution < 1.29 is 18.1 Å². The Balaban J connectivity index is 4.09. The smallest absolute Gasteiger partial charge is 0.335 e. The molecule has 0 bridgehead atoms. The van der Waals surface area contributed by atoms with Gasteiger partial charge in [0.2, 0.25) is 0 Å². The summed E-state index contributed by atoms with van der Waals surface area (Å²) in [4.78, 5) is 1.97. The van der Waals surface area contributed by atoms with Gasteiger partial charge in [0.25, 0.3) is 0 Å². The van der Waals surface area contributed by atoms with Gasteiger partial charge in [-0.2, -0.15) is 12.7 Å². The molecule has 0 amide bonds. The molecular formula is C8H20N2O4S. The van der Waals surface area contributed by atoms with E-state index < -0.39 is 16.4 Å². The van der Waals surface area contributed by atoms with Crippen molar-refractivity contribution in [2.75, 3.05) is 33.2 Å². The molecule has 1 unspecified atom stereocenters. The molecule has 92 valence electrons. The Labute approximate surface area is 91.4 Å². The molecule has 6 nitrogen and oxygen atoms in total. The minimum Gasteiger partial charge on any atom is -0.390 e. The zero-order valence-electron chi connectivity index (χ0n) is 9.42. The van der Waals surface area contributed by atoms with E-state index in [4.69, 9.17) is 4.55 Å². The van der Waals surface area contributed by atoms with E-state index in [0.29, 0.717) is 6.54 Å². The second kappa shape index (κ2) is 6.39. The molecule has 0 aliphatic carbocycles. The van der Waals surface area contributed by atoms with Crippen molar-refractivity contribution in [3.05, 3.63) is 0 Å². The van der Waals surface area contributed by atoms with Gasteiger partial charge in [0.15, 0.2) is 0 Å². The fourth-order valence-electron chi connectivity index (χ4n) is 1.23. The largest absolute Gasteiger partial charge is 0.390 e. The van der Waals surface area contributed by atoms with Gasteiger partial charge in [-0.15, -0.1) is 0 Å². The van der Waals surface area contributed by atoms with Gasteiger partial charge in [0.1, 0.15) is 0 Å². The monoisotopic (exact) mass is 240 g/mol. The van der Waals surface area contributed by atoms with Crippen molar-refractivity contribution >= 4 is 10.3 Å². The normalized spacial score (nSPS) is 14.9. The lowest BCUT2D eigenvalue weighted by molar-refractivity contribution is 0.102. The third-order valence-corrected chi connectivity index (χ3v) is 3.16. The number of aliphatic hydroxyl groups excluding tert-OH is 1. The molecule has 0 fully saturated rings. The van der Waals surface area contributed by atoms with E-state index >= 15 is 0 Å². The van der Waals surface area contributed by atoms with Crippen molar-refractivity contribution in [1.82, 2.24) is 9.21 Å². The molecule has 0 heterocycles. The SMILES string of the molecule is CCN(CC)CC(O)CN(C)S(=O)(=O)O. The molecule has 0 aromatic heterocycles. The summed E-state index contributed by atoms with van der Waals surface area (Å²) in [6, 6.07) is 0. The van der Waals surface area contributed by atoms with Crippen molar-refractivity contribution in [2.24, 2.45) is 0 Å². The second-order valence-corrected chi connectivity index (χ2v) is 4.92. The van der Waals surface area contributed by atoms with E-state index in [1.54, 1.807) is 0 Å². The molecule has 0 spiro atoms. The fraction of sp³-hybridized carbons (Fsp3) is 1.00. The number of nitrogens with zero attached hydrogens (tertiary/aromatic N) is 2. The first kappa shape index (κ1) is 14.8. The zero-order valence-corrected chi connectivity index (χ0v) is 10.2.